The molecule has 0 aromatic heterocycles. The van der Waals surface area contributed by atoms with Crippen LogP contribution in [0.3, 0.4) is 0 Å². The molecule has 0 N–H and O–H groups in total. The van der Waals surface area contributed by atoms with E-state index in [0.29, 0.717) is 25.7 Å². The molecule has 4 heteroatoms. The summed E-state index contributed by atoms with van der Waals surface area (Å²) in [6.07, 6.45) is 14.7. The van der Waals surface area contributed by atoms with Crippen LogP contribution in [0.15, 0.2) is 12.2 Å². The molecule has 0 aliphatic rings. The molecule has 22 heavy (non-hydrogen) atoms. The quantitative estimate of drug-likeness (QED) is 0.163. The molecule has 0 rings (SSSR count). The number of carbonyl (C=O) groups is 1. The lowest BCUT2D eigenvalue weighted by Gasteiger charge is -2.02. The first-order chi connectivity index (χ1) is 10.7. The molecule has 1 atom stereocenters. The maximum atomic E-state index is 10.9. The number of nitro groups is 1. The molecule has 4 nitrogen and oxygen atoms in total. The van der Waals surface area contributed by atoms with Gasteiger partial charge in [0.2, 0.25) is 6.04 Å². The van der Waals surface area contributed by atoms with E-state index in [1.165, 1.54) is 32.1 Å². The van der Waals surface area contributed by atoms with E-state index in [2.05, 4.69) is 18.8 Å². The topological polar surface area (TPSA) is 60.2 Å². The molecule has 0 saturated carbocycles. The van der Waals surface area contributed by atoms with E-state index < -0.39 is 6.04 Å². The average molecular weight is 307 g/mol. The number of hydrogen-bond donors (Lipinski definition) is 0. The Labute approximate surface area is 134 Å². The average Bonchev–Trinajstić information content (AvgIpc) is 2.50. The van der Waals surface area contributed by atoms with Gasteiger partial charge in [-0.2, -0.15) is 0 Å². The van der Waals surface area contributed by atoms with Gasteiger partial charge in [-0.05, 0) is 31.4 Å². The number of aldehydes is 1. The Bertz CT molecular complexity index is 380. The van der Waals surface area contributed by atoms with Crippen LogP contribution in [-0.4, -0.2) is 17.3 Å². The summed E-state index contributed by atoms with van der Waals surface area (Å²) >= 11 is 0. The minimum absolute atomic E-state index is 0.285. The van der Waals surface area contributed by atoms with Gasteiger partial charge in [-0.3, -0.25) is 10.1 Å². The Morgan fingerprint density at radius 1 is 1.09 bits per heavy atom. The van der Waals surface area contributed by atoms with Crippen LogP contribution in [0.5, 0.6) is 0 Å². The van der Waals surface area contributed by atoms with Gasteiger partial charge in [0, 0.05) is 24.2 Å². The molecule has 0 aromatic carbocycles. The monoisotopic (exact) mass is 307 g/mol. The van der Waals surface area contributed by atoms with Gasteiger partial charge in [0.25, 0.3) is 0 Å². The first-order valence-electron chi connectivity index (χ1n) is 8.44. The zero-order chi connectivity index (χ0) is 16.5. The maximum Gasteiger partial charge on any atom is 0.232 e. The van der Waals surface area contributed by atoms with Crippen molar-refractivity contribution in [2.75, 3.05) is 0 Å². The van der Waals surface area contributed by atoms with Crippen molar-refractivity contribution in [1.82, 2.24) is 0 Å². The van der Waals surface area contributed by atoms with Crippen LogP contribution < -0.4 is 0 Å². The van der Waals surface area contributed by atoms with Crippen LogP contribution in [-0.2, 0) is 4.79 Å². The molecule has 0 aliphatic carbocycles. The standard InChI is InChI=1S/C18H29NO3/c1-2-3-4-5-6-7-8-9-10-12-15-18(19(21)22)16-13-11-14-17-20/h12,15,17-18H,2-8,11,13-14,16H2,1H3/b15-12+. The van der Waals surface area contributed by atoms with Crippen LogP contribution in [0, 0.1) is 22.0 Å². The van der Waals surface area contributed by atoms with E-state index in [-0.39, 0.29) is 4.92 Å². The van der Waals surface area contributed by atoms with Crippen molar-refractivity contribution >= 4 is 6.29 Å². The SMILES string of the molecule is CCCCCCCCC#C/C=C/C(CCCCC=O)[N+](=O)[O-]. The molecule has 0 heterocycles. The van der Waals surface area contributed by atoms with E-state index in [1.807, 2.05) is 0 Å². The highest BCUT2D eigenvalue weighted by Crippen LogP contribution is 2.07. The van der Waals surface area contributed by atoms with Crippen molar-refractivity contribution < 1.29 is 9.72 Å². The maximum absolute atomic E-state index is 10.9. The van der Waals surface area contributed by atoms with Gasteiger partial charge in [0.1, 0.15) is 6.29 Å². The third-order valence-corrected chi connectivity index (χ3v) is 3.50. The molecule has 0 fully saturated rings. The summed E-state index contributed by atoms with van der Waals surface area (Å²) in [7, 11) is 0. The Kier molecular flexibility index (Phi) is 14.6. The Morgan fingerprint density at radius 3 is 2.50 bits per heavy atom. The summed E-state index contributed by atoms with van der Waals surface area (Å²) in [4.78, 5) is 20.8. The summed E-state index contributed by atoms with van der Waals surface area (Å²) in [5.41, 5.74) is 0. The fourth-order valence-corrected chi connectivity index (χ4v) is 2.14. The highest BCUT2D eigenvalue weighted by Gasteiger charge is 2.14. The number of rotatable bonds is 13. The van der Waals surface area contributed by atoms with Gasteiger partial charge < -0.3 is 4.79 Å². The second kappa shape index (κ2) is 15.8. The van der Waals surface area contributed by atoms with Crippen molar-refractivity contribution in [3.63, 3.8) is 0 Å². The zero-order valence-electron chi connectivity index (χ0n) is 13.8. The molecular weight excluding hydrogens is 278 g/mol. The highest BCUT2D eigenvalue weighted by atomic mass is 16.6. The second-order valence-corrected chi connectivity index (χ2v) is 5.50. The summed E-state index contributed by atoms with van der Waals surface area (Å²) in [6, 6.07) is -0.685. The van der Waals surface area contributed by atoms with Crippen LogP contribution in [0.25, 0.3) is 0 Å². The first-order valence-corrected chi connectivity index (χ1v) is 8.44. The molecule has 0 radical (unpaired) electrons. The van der Waals surface area contributed by atoms with Crippen molar-refractivity contribution in [2.24, 2.45) is 0 Å². The lowest BCUT2D eigenvalue weighted by Crippen LogP contribution is -2.16. The van der Waals surface area contributed by atoms with Crippen molar-refractivity contribution in [1.29, 1.82) is 0 Å². The summed E-state index contributed by atoms with van der Waals surface area (Å²) < 4.78 is 0. The van der Waals surface area contributed by atoms with E-state index in [9.17, 15) is 14.9 Å². The van der Waals surface area contributed by atoms with Crippen LogP contribution in [0.4, 0.5) is 0 Å². The smallest absolute Gasteiger partial charge is 0.232 e. The Hall–Kier alpha value is -1.63. The van der Waals surface area contributed by atoms with E-state index in [1.54, 1.807) is 12.2 Å². The highest BCUT2D eigenvalue weighted by molar-refractivity contribution is 5.48. The molecule has 0 bridgehead atoms. The van der Waals surface area contributed by atoms with Crippen molar-refractivity contribution in [3.8, 4) is 11.8 Å². The molecule has 124 valence electrons. The number of nitrogens with zero attached hydrogens (tertiary/aromatic N) is 1. The number of hydrogen-bond acceptors (Lipinski definition) is 3. The summed E-state index contributed by atoms with van der Waals surface area (Å²) in [6.45, 7) is 2.21. The van der Waals surface area contributed by atoms with E-state index >= 15 is 0 Å². The molecular formula is C18H29NO3. The molecule has 1 unspecified atom stereocenters. The normalized spacial score (nSPS) is 11.9. The lowest BCUT2D eigenvalue weighted by atomic mass is 10.1. The fraction of sp³-hybridized carbons (Fsp3) is 0.722. The van der Waals surface area contributed by atoms with Crippen molar-refractivity contribution in [2.45, 2.75) is 83.6 Å². The zero-order valence-corrected chi connectivity index (χ0v) is 13.8. The number of allylic oxidation sites excluding steroid dienone is 1. The molecule has 0 amide bonds. The summed E-state index contributed by atoms with van der Waals surface area (Å²) in [5.74, 6) is 5.92. The largest absolute Gasteiger partial charge is 0.303 e. The number of carbonyl (C=O) groups excluding carboxylic acids is 1. The third kappa shape index (κ3) is 13.4. The van der Waals surface area contributed by atoms with Gasteiger partial charge in [0.15, 0.2) is 0 Å². The predicted octanol–water partition coefficient (Wildman–Crippen LogP) is 4.70. The van der Waals surface area contributed by atoms with Crippen LogP contribution in [0.1, 0.15) is 77.6 Å². The fourth-order valence-electron chi connectivity index (χ4n) is 2.14. The van der Waals surface area contributed by atoms with E-state index in [0.717, 1.165) is 19.1 Å². The molecule has 0 spiro atoms. The van der Waals surface area contributed by atoms with Crippen LogP contribution >= 0.6 is 0 Å². The van der Waals surface area contributed by atoms with Crippen molar-refractivity contribution in [3.05, 3.63) is 22.3 Å². The van der Waals surface area contributed by atoms with E-state index in [4.69, 9.17) is 0 Å². The first kappa shape index (κ1) is 20.4. The third-order valence-electron chi connectivity index (χ3n) is 3.50. The second-order valence-electron chi connectivity index (χ2n) is 5.50. The molecule has 0 aliphatic heterocycles. The minimum Gasteiger partial charge on any atom is -0.303 e. The van der Waals surface area contributed by atoms with Gasteiger partial charge in [-0.1, -0.05) is 50.9 Å². The number of unbranched alkanes of at least 4 members (excludes halogenated alkanes) is 8. The van der Waals surface area contributed by atoms with Gasteiger partial charge in [-0.15, -0.1) is 0 Å². The lowest BCUT2D eigenvalue weighted by molar-refractivity contribution is -0.510. The molecule has 0 aromatic rings. The predicted molar refractivity (Wildman–Crippen MR) is 90.2 cm³/mol. The minimum atomic E-state index is -0.685. The molecule has 0 saturated heterocycles. The van der Waals surface area contributed by atoms with Gasteiger partial charge in [0.05, 0.1) is 0 Å². The Morgan fingerprint density at radius 2 is 1.82 bits per heavy atom. The Balaban J connectivity index is 3.83. The van der Waals surface area contributed by atoms with Gasteiger partial charge >= 0.3 is 0 Å². The van der Waals surface area contributed by atoms with Crippen LogP contribution in [0.2, 0.25) is 0 Å². The summed E-state index contributed by atoms with van der Waals surface area (Å²) in [5, 5.41) is 10.9. The van der Waals surface area contributed by atoms with Gasteiger partial charge in [-0.25, -0.2) is 0 Å².